The molecule has 3 nitrogen and oxygen atoms in total. The fourth-order valence-corrected chi connectivity index (χ4v) is 1.94. The lowest BCUT2D eigenvalue weighted by Gasteiger charge is -2.13. The van der Waals surface area contributed by atoms with Crippen molar-refractivity contribution in [3.05, 3.63) is 0 Å². The maximum absolute atomic E-state index is 5.64. The topological polar surface area (TPSA) is 27.7 Å². The molecule has 0 radical (unpaired) electrons. The maximum atomic E-state index is 5.64. The van der Waals surface area contributed by atoms with Crippen LogP contribution < -0.4 is 0 Å². The van der Waals surface area contributed by atoms with Gasteiger partial charge in [0.05, 0.1) is 36.5 Å². The van der Waals surface area contributed by atoms with E-state index in [1.807, 2.05) is 0 Å². The van der Waals surface area contributed by atoms with Gasteiger partial charge in [-0.05, 0) is 6.42 Å². The number of rotatable bonds is 7. The minimum atomic E-state index is 0.269. The zero-order chi connectivity index (χ0) is 10.2. The average Bonchev–Trinajstić information content (AvgIpc) is 2.58. The molecule has 4 heteroatoms. The molecule has 0 aliphatic carbocycles. The second-order valence-electron chi connectivity index (χ2n) is 3.43. The van der Waals surface area contributed by atoms with E-state index in [1.54, 1.807) is 0 Å². The van der Waals surface area contributed by atoms with Crippen LogP contribution in [0.1, 0.15) is 19.8 Å². The van der Waals surface area contributed by atoms with Gasteiger partial charge in [0.15, 0.2) is 0 Å². The summed E-state index contributed by atoms with van der Waals surface area (Å²) in [4.78, 5) is 0. The van der Waals surface area contributed by atoms with Gasteiger partial charge in [-0.3, -0.25) is 0 Å². The zero-order valence-corrected chi connectivity index (χ0v) is 10.9. The lowest BCUT2D eigenvalue weighted by molar-refractivity contribution is 0.00283. The standard InChI is InChI=1S/C10H19IO3/c1-2-3-4-12-5-6-14-10-8-13-7-9(10)11/h9-10H,2-8H2,1H3. The third kappa shape index (κ3) is 4.91. The molecule has 1 aliphatic rings. The van der Waals surface area contributed by atoms with Gasteiger partial charge in [0.25, 0.3) is 0 Å². The molecular weight excluding hydrogens is 295 g/mol. The Bertz CT molecular complexity index is 143. The van der Waals surface area contributed by atoms with Crippen molar-refractivity contribution in [1.29, 1.82) is 0 Å². The van der Waals surface area contributed by atoms with E-state index < -0.39 is 0 Å². The number of hydrogen-bond acceptors (Lipinski definition) is 3. The molecule has 1 heterocycles. The molecule has 0 aromatic rings. The van der Waals surface area contributed by atoms with Crippen molar-refractivity contribution in [2.24, 2.45) is 0 Å². The van der Waals surface area contributed by atoms with E-state index in [0.29, 0.717) is 17.1 Å². The van der Waals surface area contributed by atoms with Gasteiger partial charge in [0.1, 0.15) is 0 Å². The van der Waals surface area contributed by atoms with Crippen molar-refractivity contribution in [2.45, 2.75) is 29.8 Å². The molecule has 1 rings (SSSR count). The first kappa shape index (κ1) is 12.7. The van der Waals surface area contributed by atoms with Crippen LogP contribution in [0.2, 0.25) is 0 Å². The quantitative estimate of drug-likeness (QED) is 0.409. The molecule has 0 bridgehead atoms. The Morgan fingerprint density at radius 3 is 2.79 bits per heavy atom. The van der Waals surface area contributed by atoms with Crippen LogP contribution in [0.3, 0.4) is 0 Å². The van der Waals surface area contributed by atoms with Gasteiger partial charge in [-0.25, -0.2) is 0 Å². The highest BCUT2D eigenvalue weighted by Crippen LogP contribution is 2.17. The number of halogens is 1. The van der Waals surface area contributed by atoms with Crippen LogP contribution in [0.25, 0.3) is 0 Å². The minimum Gasteiger partial charge on any atom is -0.379 e. The Morgan fingerprint density at radius 2 is 2.14 bits per heavy atom. The summed E-state index contributed by atoms with van der Waals surface area (Å²) in [6.45, 7) is 5.98. The van der Waals surface area contributed by atoms with Gasteiger partial charge in [0, 0.05) is 6.61 Å². The van der Waals surface area contributed by atoms with Crippen LogP contribution in [-0.2, 0) is 14.2 Å². The van der Waals surface area contributed by atoms with Crippen molar-refractivity contribution in [1.82, 2.24) is 0 Å². The largest absolute Gasteiger partial charge is 0.379 e. The second kappa shape index (κ2) is 7.84. The van der Waals surface area contributed by atoms with Crippen LogP contribution in [0, 0.1) is 0 Å². The monoisotopic (exact) mass is 314 g/mol. The normalized spacial score (nSPS) is 27.0. The van der Waals surface area contributed by atoms with E-state index in [-0.39, 0.29) is 6.10 Å². The van der Waals surface area contributed by atoms with E-state index >= 15 is 0 Å². The first-order valence-corrected chi connectivity index (χ1v) is 6.50. The van der Waals surface area contributed by atoms with Gasteiger partial charge < -0.3 is 14.2 Å². The molecule has 0 aromatic heterocycles. The van der Waals surface area contributed by atoms with Gasteiger partial charge in [-0.2, -0.15) is 0 Å². The Labute approximate surface area is 99.6 Å². The summed E-state index contributed by atoms with van der Waals surface area (Å²) >= 11 is 2.38. The van der Waals surface area contributed by atoms with Crippen molar-refractivity contribution < 1.29 is 14.2 Å². The Morgan fingerprint density at radius 1 is 1.29 bits per heavy atom. The minimum absolute atomic E-state index is 0.269. The molecule has 1 saturated heterocycles. The molecule has 0 aromatic carbocycles. The fraction of sp³-hybridized carbons (Fsp3) is 1.00. The summed E-state index contributed by atoms with van der Waals surface area (Å²) in [6, 6.07) is 0. The average molecular weight is 314 g/mol. The zero-order valence-electron chi connectivity index (χ0n) is 8.71. The van der Waals surface area contributed by atoms with Crippen molar-refractivity contribution in [3.8, 4) is 0 Å². The molecule has 2 atom stereocenters. The molecule has 0 saturated carbocycles. The molecule has 14 heavy (non-hydrogen) atoms. The first-order chi connectivity index (χ1) is 6.84. The lowest BCUT2D eigenvalue weighted by atomic mass is 10.3. The summed E-state index contributed by atoms with van der Waals surface area (Å²) in [7, 11) is 0. The summed E-state index contributed by atoms with van der Waals surface area (Å²) in [5.74, 6) is 0. The second-order valence-corrected chi connectivity index (χ2v) is 5.03. The van der Waals surface area contributed by atoms with Crippen LogP contribution >= 0.6 is 22.6 Å². The Kier molecular flexibility index (Phi) is 7.10. The molecular formula is C10H19IO3. The summed E-state index contributed by atoms with van der Waals surface area (Å²) in [6.07, 6.45) is 2.60. The number of alkyl halides is 1. The molecule has 0 amide bonds. The van der Waals surface area contributed by atoms with Crippen molar-refractivity contribution in [2.75, 3.05) is 33.0 Å². The molecule has 1 aliphatic heterocycles. The maximum Gasteiger partial charge on any atom is 0.0949 e. The number of hydrogen-bond donors (Lipinski definition) is 0. The van der Waals surface area contributed by atoms with E-state index in [1.165, 1.54) is 6.42 Å². The molecule has 0 N–H and O–H groups in total. The van der Waals surface area contributed by atoms with Crippen LogP contribution in [0.5, 0.6) is 0 Å². The highest BCUT2D eigenvalue weighted by Gasteiger charge is 2.25. The fourth-order valence-electron chi connectivity index (χ4n) is 1.27. The van der Waals surface area contributed by atoms with Gasteiger partial charge in [0.2, 0.25) is 0 Å². The molecule has 84 valence electrons. The van der Waals surface area contributed by atoms with Gasteiger partial charge >= 0.3 is 0 Å². The van der Waals surface area contributed by atoms with Gasteiger partial charge in [-0.15, -0.1) is 0 Å². The summed E-state index contributed by atoms with van der Waals surface area (Å²) in [5.41, 5.74) is 0. The lowest BCUT2D eigenvalue weighted by Crippen LogP contribution is -2.24. The van der Waals surface area contributed by atoms with Crippen LogP contribution in [-0.4, -0.2) is 43.1 Å². The third-order valence-electron chi connectivity index (χ3n) is 2.16. The van der Waals surface area contributed by atoms with E-state index in [9.17, 15) is 0 Å². The molecule has 0 spiro atoms. The van der Waals surface area contributed by atoms with Crippen molar-refractivity contribution >= 4 is 22.6 Å². The van der Waals surface area contributed by atoms with E-state index in [4.69, 9.17) is 14.2 Å². The molecule has 1 fully saturated rings. The SMILES string of the molecule is CCCCOCCOC1COCC1I. The summed E-state index contributed by atoms with van der Waals surface area (Å²) in [5, 5.41) is 0. The van der Waals surface area contributed by atoms with Crippen molar-refractivity contribution in [3.63, 3.8) is 0 Å². The number of unbranched alkanes of at least 4 members (excludes halogenated alkanes) is 1. The smallest absolute Gasteiger partial charge is 0.0949 e. The predicted molar refractivity (Wildman–Crippen MR) is 64.1 cm³/mol. The van der Waals surface area contributed by atoms with Crippen LogP contribution in [0.4, 0.5) is 0 Å². The highest BCUT2D eigenvalue weighted by molar-refractivity contribution is 14.1. The predicted octanol–water partition coefficient (Wildman–Crippen LogP) is 2.02. The first-order valence-electron chi connectivity index (χ1n) is 5.25. The third-order valence-corrected chi connectivity index (χ3v) is 3.33. The Hall–Kier alpha value is 0.610. The van der Waals surface area contributed by atoms with E-state index in [2.05, 4.69) is 29.5 Å². The van der Waals surface area contributed by atoms with Crippen LogP contribution in [0.15, 0.2) is 0 Å². The van der Waals surface area contributed by atoms with E-state index in [0.717, 1.165) is 26.2 Å². The highest BCUT2D eigenvalue weighted by atomic mass is 127. The van der Waals surface area contributed by atoms with Gasteiger partial charge in [-0.1, -0.05) is 35.9 Å². The summed E-state index contributed by atoms with van der Waals surface area (Å²) < 4.78 is 16.8. The molecule has 2 unspecified atom stereocenters. The number of ether oxygens (including phenoxy) is 3. The Balaban J connectivity index is 1.88.